The summed E-state index contributed by atoms with van der Waals surface area (Å²) in [5.41, 5.74) is 7.44. The summed E-state index contributed by atoms with van der Waals surface area (Å²) in [6, 6.07) is 6.04. The number of benzene rings is 1. The van der Waals surface area contributed by atoms with Crippen LogP contribution in [0.15, 0.2) is 30.5 Å². The molecular formula is C11H8FN5. The summed E-state index contributed by atoms with van der Waals surface area (Å²) in [7, 11) is 0. The summed E-state index contributed by atoms with van der Waals surface area (Å²) in [5, 5.41) is 0. The van der Waals surface area contributed by atoms with Crippen LogP contribution in [0.1, 0.15) is 0 Å². The molecule has 84 valence electrons. The lowest BCUT2D eigenvalue weighted by Gasteiger charge is -1.94. The van der Waals surface area contributed by atoms with E-state index in [4.69, 9.17) is 5.73 Å². The monoisotopic (exact) mass is 229 g/mol. The van der Waals surface area contributed by atoms with E-state index in [9.17, 15) is 4.39 Å². The number of hydrogen-bond donors (Lipinski definition) is 2. The second-order valence-corrected chi connectivity index (χ2v) is 3.56. The quantitative estimate of drug-likeness (QED) is 0.666. The van der Waals surface area contributed by atoms with Gasteiger partial charge in [-0.15, -0.1) is 0 Å². The topological polar surface area (TPSA) is 80.5 Å². The number of rotatable bonds is 1. The summed E-state index contributed by atoms with van der Waals surface area (Å²) in [4.78, 5) is 15.2. The van der Waals surface area contributed by atoms with Crippen LogP contribution < -0.4 is 5.73 Å². The molecule has 0 aliphatic heterocycles. The first-order chi connectivity index (χ1) is 8.22. The number of nitrogen functional groups attached to an aromatic ring is 1. The Morgan fingerprint density at radius 3 is 2.65 bits per heavy atom. The first kappa shape index (κ1) is 9.71. The third-order valence-corrected chi connectivity index (χ3v) is 2.38. The minimum absolute atomic E-state index is 0.176. The molecule has 0 radical (unpaired) electrons. The third kappa shape index (κ3) is 1.69. The van der Waals surface area contributed by atoms with Crippen LogP contribution in [0.2, 0.25) is 0 Å². The summed E-state index contributed by atoms with van der Waals surface area (Å²) >= 11 is 0. The maximum Gasteiger partial charge on any atom is 0.222 e. The lowest BCUT2D eigenvalue weighted by molar-refractivity contribution is 0.628. The van der Waals surface area contributed by atoms with Gasteiger partial charge in [0.15, 0.2) is 5.65 Å². The Bertz CT molecular complexity index is 674. The van der Waals surface area contributed by atoms with Gasteiger partial charge in [-0.05, 0) is 24.3 Å². The van der Waals surface area contributed by atoms with Crippen molar-refractivity contribution in [3.8, 4) is 11.4 Å². The van der Waals surface area contributed by atoms with E-state index >= 15 is 0 Å². The predicted molar refractivity (Wildman–Crippen MR) is 61.5 cm³/mol. The van der Waals surface area contributed by atoms with Gasteiger partial charge in [-0.25, -0.2) is 14.4 Å². The zero-order valence-corrected chi connectivity index (χ0v) is 8.68. The second kappa shape index (κ2) is 3.51. The van der Waals surface area contributed by atoms with Crippen molar-refractivity contribution in [3.05, 3.63) is 36.3 Å². The lowest BCUT2D eigenvalue weighted by atomic mass is 10.2. The highest BCUT2D eigenvalue weighted by Crippen LogP contribution is 2.19. The summed E-state index contributed by atoms with van der Waals surface area (Å²) in [5.74, 6) is 0.503. The van der Waals surface area contributed by atoms with Crippen molar-refractivity contribution >= 4 is 17.1 Å². The van der Waals surface area contributed by atoms with E-state index in [0.29, 0.717) is 17.0 Å². The largest absolute Gasteiger partial charge is 0.368 e. The number of nitrogens with zero attached hydrogens (tertiary/aromatic N) is 3. The number of nitrogens with one attached hydrogen (secondary N) is 1. The minimum Gasteiger partial charge on any atom is -0.368 e. The molecule has 0 aliphatic rings. The summed E-state index contributed by atoms with van der Waals surface area (Å²) in [6.45, 7) is 0. The number of H-pyrrole nitrogens is 1. The number of aromatic amines is 1. The summed E-state index contributed by atoms with van der Waals surface area (Å²) < 4.78 is 12.8. The smallest absolute Gasteiger partial charge is 0.222 e. The fraction of sp³-hybridized carbons (Fsp3) is 0. The van der Waals surface area contributed by atoms with E-state index in [1.807, 2.05) is 0 Å². The molecule has 5 nitrogen and oxygen atoms in total. The molecule has 3 N–H and O–H groups in total. The van der Waals surface area contributed by atoms with Crippen LogP contribution in [0, 0.1) is 5.82 Å². The Morgan fingerprint density at radius 1 is 1.12 bits per heavy atom. The van der Waals surface area contributed by atoms with E-state index in [1.54, 1.807) is 18.3 Å². The van der Waals surface area contributed by atoms with Gasteiger partial charge in [-0.1, -0.05) is 0 Å². The minimum atomic E-state index is -0.283. The molecule has 0 spiro atoms. The molecule has 6 heteroatoms. The second-order valence-electron chi connectivity index (χ2n) is 3.56. The third-order valence-electron chi connectivity index (χ3n) is 2.38. The Morgan fingerprint density at radius 2 is 1.88 bits per heavy atom. The molecular weight excluding hydrogens is 221 g/mol. The zero-order valence-electron chi connectivity index (χ0n) is 8.68. The van der Waals surface area contributed by atoms with E-state index in [1.165, 1.54) is 12.1 Å². The van der Waals surface area contributed by atoms with Crippen molar-refractivity contribution < 1.29 is 4.39 Å². The van der Waals surface area contributed by atoms with Crippen molar-refractivity contribution in [2.75, 3.05) is 5.73 Å². The fourth-order valence-corrected chi connectivity index (χ4v) is 1.57. The number of hydrogen-bond acceptors (Lipinski definition) is 4. The van der Waals surface area contributed by atoms with Crippen LogP contribution >= 0.6 is 0 Å². The number of halogens is 1. The first-order valence-electron chi connectivity index (χ1n) is 4.96. The average Bonchev–Trinajstić information content (AvgIpc) is 2.72. The van der Waals surface area contributed by atoms with Gasteiger partial charge in [0.1, 0.15) is 17.2 Å². The van der Waals surface area contributed by atoms with Crippen molar-refractivity contribution in [2.24, 2.45) is 0 Å². The molecule has 0 amide bonds. The number of nitrogens with two attached hydrogens (primary N) is 1. The van der Waals surface area contributed by atoms with Crippen LogP contribution in [0.4, 0.5) is 10.3 Å². The number of fused-ring (bicyclic) bond motifs is 1. The van der Waals surface area contributed by atoms with E-state index in [-0.39, 0.29) is 11.8 Å². The molecule has 2 heterocycles. The first-order valence-corrected chi connectivity index (χ1v) is 4.96. The van der Waals surface area contributed by atoms with E-state index in [0.717, 1.165) is 5.56 Å². The van der Waals surface area contributed by atoms with Crippen molar-refractivity contribution in [1.82, 2.24) is 19.9 Å². The molecule has 0 unspecified atom stereocenters. The molecule has 0 saturated carbocycles. The predicted octanol–water partition coefficient (Wildman–Crippen LogP) is 1.74. The molecule has 0 aliphatic carbocycles. The van der Waals surface area contributed by atoms with Gasteiger partial charge in [0, 0.05) is 5.56 Å². The molecule has 0 fully saturated rings. The number of imidazole rings is 1. The molecule has 0 bridgehead atoms. The summed E-state index contributed by atoms with van der Waals surface area (Å²) in [6.07, 6.45) is 1.57. The highest BCUT2D eigenvalue weighted by Gasteiger charge is 2.06. The van der Waals surface area contributed by atoms with Crippen LogP contribution in [0.3, 0.4) is 0 Å². The van der Waals surface area contributed by atoms with Crippen LogP contribution in [-0.4, -0.2) is 19.9 Å². The van der Waals surface area contributed by atoms with Crippen LogP contribution in [-0.2, 0) is 0 Å². The van der Waals surface area contributed by atoms with E-state index in [2.05, 4.69) is 19.9 Å². The molecule has 1 aromatic carbocycles. The molecule has 3 aromatic rings. The standard InChI is InChI=1S/C11H8FN5/c12-7-3-1-6(2-4-7)9-15-8-5-14-11(13)17-10(8)16-9/h1-5H,(H3,13,14,15,16,17). The van der Waals surface area contributed by atoms with Gasteiger partial charge >= 0.3 is 0 Å². The number of anilines is 1. The number of aromatic nitrogens is 4. The maximum atomic E-state index is 12.8. The Hall–Kier alpha value is -2.50. The van der Waals surface area contributed by atoms with Gasteiger partial charge in [-0.2, -0.15) is 4.98 Å². The Balaban J connectivity index is 2.14. The van der Waals surface area contributed by atoms with Gasteiger partial charge in [-0.3, -0.25) is 0 Å². The van der Waals surface area contributed by atoms with Crippen LogP contribution in [0.5, 0.6) is 0 Å². The fourth-order valence-electron chi connectivity index (χ4n) is 1.57. The van der Waals surface area contributed by atoms with Crippen LogP contribution in [0.25, 0.3) is 22.6 Å². The maximum absolute atomic E-state index is 12.8. The lowest BCUT2D eigenvalue weighted by Crippen LogP contribution is -1.93. The highest BCUT2D eigenvalue weighted by molar-refractivity contribution is 5.75. The van der Waals surface area contributed by atoms with Crippen molar-refractivity contribution in [2.45, 2.75) is 0 Å². The van der Waals surface area contributed by atoms with Crippen molar-refractivity contribution in [1.29, 1.82) is 0 Å². The van der Waals surface area contributed by atoms with Gasteiger partial charge < -0.3 is 10.7 Å². The zero-order chi connectivity index (χ0) is 11.8. The molecule has 2 aromatic heterocycles. The average molecular weight is 229 g/mol. The van der Waals surface area contributed by atoms with Gasteiger partial charge in [0.25, 0.3) is 0 Å². The molecule has 3 rings (SSSR count). The van der Waals surface area contributed by atoms with Gasteiger partial charge in [0.2, 0.25) is 5.95 Å². The SMILES string of the molecule is Nc1ncc2[nH]c(-c3ccc(F)cc3)nc2n1. The Labute approximate surface area is 95.5 Å². The molecule has 0 atom stereocenters. The Kier molecular flexibility index (Phi) is 2.01. The highest BCUT2D eigenvalue weighted by atomic mass is 19.1. The van der Waals surface area contributed by atoms with Gasteiger partial charge in [0.05, 0.1) is 6.20 Å². The molecule has 0 saturated heterocycles. The van der Waals surface area contributed by atoms with E-state index < -0.39 is 0 Å². The van der Waals surface area contributed by atoms with Crippen molar-refractivity contribution in [3.63, 3.8) is 0 Å². The molecule has 17 heavy (non-hydrogen) atoms. The normalized spacial score (nSPS) is 10.9.